The van der Waals surface area contributed by atoms with E-state index in [9.17, 15) is 24.8 Å². The van der Waals surface area contributed by atoms with Crippen molar-refractivity contribution in [1.82, 2.24) is 9.80 Å². The summed E-state index contributed by atoms with van der Waals surface area (Å²) in [5, 5.41) is 22.4. The summed E-state index contributed by atoms with van der Waals surface area (Å²) < 4.78 is 5.56. The Kier molecular flexibility index (Phi) is 7.44. The second kappa shape index (κ2) is 10.3. The first-order valence-electron chi connectivity index (χ1n) is 10.6. The van der Waals surface area contributed by atoms with Crippen LogP contribution in [0.15, 0.2) is 54.1 Å². The fraction of sp³-hybridized carbons (Fsp3) is 0.333. The van der Waals surface area contributed by atoms with E-state index in [1.807, 2.05) is 25.9 Å². The number of carbonyl (C=O) groups is 2. The minimum absolute atomic E-state index is 0.0959. The number of carbonyl (C=O) groups excluding carboxylic acids is 2. The van der Waals surface area contributed by atoms with Crippen LogP contribution >= 0.6 is 0 Å². The summed E-state index contributed by atoms with van der Waals surface area (Å²) in [5.41, 5.74) is 0.469. The molecule has 1 atom stereocenters. The van der Waals surface area contributed by atoms with Gasteiger partial charge in [0.05, 0.1) is 23.1 Å². The van der Waals surface area contributed by atoms with E-state index in [2.05, 4.69) is 0 Å². The van der Waals surface area contributed by atoms with Crippen molar-refractivity contribution in [3.63, 3.8) is 0 Å². The number of non-ortho nitro benzene ring substituents is 1. The normalized spacial score (nSPS) is 17.6. The molecule has 0 spiro atoms. The van der Waals surface area contributed by atoms with Gasteiger partial charge in [-0.25, -0.2) is 0 Å². The Labute approximate surface area is 192 Å². The largest absolute Gasteiger partial charge is 0.507 e. The molecule has 1 aliphatic rings. The smallest absolute Gasteiger partial charge is 0.295 e. The number of nitro benzene ring substituents is 1. The van der Waals surface area contributed by atoms with Crippen LogP contribution in [0.25, 0.3) is 5.76 Å². The fourth-order valence-corrected chi connectivity index (χ4v) is 3.66. The topological polar surface area (TPSA) is 113 Å². The molecule has 0 aliphatic carbocycles. The number of Topliss-reactive ketones (excluding diaryl/α,β-unsaturated/α-hetero) is 1. The van der Waals surface area contributed by atoms with Gasteiger partial charge in [0.2, 0.25) is 0 Å². The van der Waals surface area contributed by atoms with Crippen molar-refractivity contribution in [2.24, 2.45) is 0 Å². The number of ketones is 1. The van der Waals surface area contributed by atoms with Gasteiger partial charge in [-0.3, -0.25) is 19.7 Å². The maximum Gasteiger partial charge on any atom is 0.295 e. The lowest BCUT2D eigenvalue weighted by Gasteiger charge is -2.26. The summed E-state index contributed by atoms with van der Waals surface area (Å²) in [6.07, 6.45) is 0.849. The molecule has 0 unspecified atom stereocenters. The Morgan fingerprint density at radius 2 is 1.88 bits per heavy atom. The van der Waals surface area contributed by atoms with Crippen molar-refractivity contribution >= 4 is 23.1 Å². The SMILES string of the molecule is CCCOc1ccc(/C(O)=C2\C(=O)C(=O)N(CCN(C)C)[C@H]2c2cccc([N+](=O)[O-])c2)cc1. The minimum atomic E-state index is -0.944. The molecule has 1 fully saturated rings. The van der Waals surface area contributed by atoms with Crippen LogP contribution in [-0.2, 0) is 9.59 Å². The molecule has 9 nitrogen and oxygen atoms in total. The Bertz CT molecular complexity index is 1080. The van der Waals surface area contributed by atoms with E-state index < -0.39 is 22.7 Å². The molecule has 1 aliphatic heterocycles. The van der Waals surface area contributed by atoms with E-state index in [4.69, 9.17) is 4.74 Å². The van der Waals surface area contributed by atoms with Gasteiger partial charge in [-0.1, -0.05) is 19.1 Å². The summed E-state index contributed by atoms with van der Waals surface area (Å²) in [6.45, 7) is 3.23. The van der Waals surface area contributed by atoms with E-state index in [0.29, 0.717) is 30.0 Å². The van der Waals surface area contributed by atoms with Crippen molar-refractivity contribution in [2.75, 3.05) is 33.8 Å². The lowest BCUT2D eigenvalue weighted by Crippen LogP contribution is -2.35. The molecule has 0 aromatic heterocycles. The van der Waals surface area contributed by atoms with E-state index in [1.165, 1.54) is 23.1 Å². The summed E-state index contributed by atoms with van der Waals surface area (Å²) in [4.78, 5) is 39.9. The molecule has 33 heavy (non-hydrogen) atoms. The van der Waals surface area contributed by atoms with E-state index in [1.54, 1.807) is 30.3 Å². The van der Waals surface area contributed by atoms with Crippen molar-refractivity contribution in [3.8, 4) is 5.75 Å². The molecule has 0 saturated carbocycles. The highest BCUT2D eigenvalue weighted by atomic mass is 16.6. The summed E-state index contributed by atoms with van der Waals surface area (Å²) in [6, 6.07) is 11.4. The fourth-order valence-electron chi connectivity index (χ4n) is 3.66. The maximum atomic E-state index is 13.0. The van der Waals surface area contributed by atoms with Crippen LogP contribution in [0.1, 0.15) is 30.5 Å². The van der Waals surface area contributed by atoms with Gasteiger partial charge in [0.25, 0.3) is 17.4 Å². The lowest BCUT2D eigenvalue weighted by atomic mass is 9.95. The minimum Gasteiger partial charge on any atom is -0.507 e. The maximum absolute atomic E-state index is 13.0. The first kappa shape index (κ1) is 23.9. The Balaban J connectivity index is 2.10. The monoisotopic (exact) mass is 453 g/mol. The number of hydrogen-bond donors (Lipinski definition) is 1. The number of likely N-dealkylation sites (N-methyl/N-ethyl adjacent to an activating group) is 1. The van der Waals surface area contributed by atoms with Gasteiger partial charge in [0, 0.05) is 30.8 Å². The van der Waals surface area contributed by atoms with Crippen LogP contribution in [0.4, 0.5) is 5.69 Å². The van der Waals surface area contributed by atoms with E-state index >= 15 is 0 Å². The molecule has 0 radical (unpaired) electrons. The quantitative estimate of drug-likeness (QED) is 0.204. The van der Waals surface area contributed by atoms with Crippen molar-refractivity contribution < 1.29 is 24.4 Å². The van der Waals surface area contributed by atoms with Gasteiger partial charge in [-0.05, 0) is 50.3 Å². The second-order valence-corrected chi connectivity index (χ2v) is 8.02. The highest BCUT2D eigenvalue weighted by Gasteiger charge is 2.46. The predicted octanol–water partition coefficient (Wildman–Crippen LogP) is 3.37. The number of likely N-dealkylation sites (tertiary alicyclic amines) is 1. The molecule has 0 bridgehead atoms. The second-order valence-electron chi connectivity index (χ2n) is 8.02. The zero-order chi connectivity index (χ0) is 24.1. The third-order valence-electron chi connectivity index (χ3n) is 5.33. The Morgan fingerprint density at radius 1 is 1.18 bits per heavy atom. The third-order valence-corrected chi connectivity index (χ3v) is 5.33. The number of rotatable bonds is 9. The first-order chi connectivity index (χ1) is 15.7. The van der Waals surface area contributed by atoms with Crippen LogP contribution in [0, 0.1) is 10.1 Å². The third kappa shape index (κ3) is 5.20. The highest BCUT2D eigenvalue weighted by molar-refractivity contribution is 6.46. The number of benzene rings is 2. The van der Waals surface area contributed by atoms with Gasteiger partial charge >= 0.3 is 0 Å². The van der Waals surface area contributed by atoms with Crippen LogP contribution in [0.3, 0.4) is 0 Å². The lowest BCUT2D eigenvalue weighted by molar-refractivity contribution is -0.384. The average molecular weight is 453 g/mol. The molecule has 1 heterocycles. The molecule has 2 aromatic carbocycles. The number of nitro groups is 1. The molecule has 1 amide bonds. The van der Waals surface area contributed by atoms with Crippen molar-refractivity contribution in [2.45, 2.75) is 19.4 Å². The highest BCUT2D eigenvalue weighted by Crippen LogP contribution is 2.40. The van der Waals surface area contributed by atoms with Crippen LogP contribution in [0.5, 0.6) is 5.75 Å². The van der Waals surface area contributed by atoms with E-state index in [0.717, 1.165) is 6.42 Å². The predicted molar refractivity (Wildman–Crippen MR) is 123 cm³/mol. The molecular weight excluding hydrogens is 426 g/mol. The van der Waals surface area contributed by atoms with Gasteiger partial charge in [-0.2, -0.15) is 0 Å². The zero-order valence-electron chi connectivity index (χ0n) is 18.9. The summed E-state index contributed by atoms with van der Waals surface area (Å²) in [7, 11) is 3.67. The van der Waals surface area contributed by atoms with Gasteiger partial charge in [0.1, 0.15) is 11.5 Å². The molecule has 174 valence electrons. The average Bonchev–Trinajstić information content (AvgIpc) is 3.06. The zero-order valence-corrected chi connectivity index (χ0v) is 18.9. The number of ether oxygens (including phenoxy) is 1. The number of amides is 1. The van der Waals surface area contributed by atoms with Gasteiger partial charge < -0.3 is 19.6 Å². The molecular formula is C24H27N3O6. The van der Waals surface area contributed by atoms with E-state index in [-0.39, 0.29) is 23.6 Å². The molecule has 1 saturated heterocycles. The number of hydrogen-bond acceptors (Lipinski definition) is 7. The number of aliphatic hydroxyl groups excluding tert-OH is 1. The number of aliphatic hydroxyl groups is 1. The molecule has 9 heteroatoms. The molecule has 3 rings (SSSR count). The Morgan fingerprint density at radius 3 is 2.48 bits per heavy atom. The van der Waals surface area contributed by atoms with Gasteiger partial charge in [-0.15, -0.1) is 0 Å². The van der Waals surface area contributed by atoms with Gasteiger partial charge in [0.15, 0.2) is 0 Å². The van der Waals surface area contributed by atoms with Crippen molar-refractivity contribution in [3.05, 3.63) is 75.3 Å². The van der Waals surface area contributed by atoms with Crippen LogP contribution in [-0.4, -0.2) is 65.3 Å². The first-order valence-corrected chi connectivity index (χ1v) is 10.6. The summed E-state index contributed by atoms with van der Waals surface area (Å²) >= 11 is 0. The molecule has 1 N–H and O–H groups in total. The number of nitrogens with zero attached hydrogens (tertiary/aromatic N) is 3. The standard InChI is InChI=1S/C24H27N3O6/c1-4-14-33-19-10-8-16(9-11-19)22(28)20-21(17-6-5-7-18(15-17)27(31)32)26(13-12-25(2)3)24(30)23(20)29/h5-11,15,21,28H,4,12-14H2,1-3H3/b22-20+/t21-/m0/s1. The van der Waals surface area contributed by atoms with Crippen molar-refractivity contribution in [1.29, 1.82) is 0 Å². The molecule has 2 aromatic rings. The Hall–Kier alpha value is -3.72. The summed E-state index contributed by atoms with van der Waals surface area (Å²) in [5.74, 6) is -1.29. The van der Waals surface area contributed by atoms with Crippen LogP contribution in [0.2, 0.25) is 0 Å². The van der Waals surface area contributed by atoms with Crippen LogP contribution < -0.4 is 4.74 Å².